The minimum Gasteiger partial charge on any atom is -0.489 e. The van der Waals surface area contributed by atoms with Crippen molar-refractivity contribution in [1.82, 2.24) is 15.5 Å². The highest BCUT2D eigenvalue weighted by Crippen LogP contribution is 2.17. The van der Waals surface area contributed by atoms with E-state index >= 15 is 0 Å². The summed E-state index contributed by atoms with van der Waals surface area (Å²) >= 11 is 0. The number of halogens is 1. The van der Waals surface area contributed by atoms with Crippen LogP contribution >= 0.6 is 24.0 Å². The highest BCUT2D eigenvalue weighted by atomic mass is 127. The molecule has 0 radical (unpaired) electrons. The van der Waals surface area contributed by atoms with Gasteiger partial charge in [-0.1, -0.05) is 44.7 Å². The third kappa shape index (κ3) is 8.54. The Morgan fingerprint density at radius 2 is 1.96 bits per heavy atom. The maximum atomic E-state index is 5.67. The molecule has 2 N–H and O–H groups in total. The van der Waals surface area contributed by atoms with E-state index in [9.17, 15) is 0 Å². The first-order valence-corrected chi connectivity index (χ1v) is 8.23. The van der Waals surface area contributed by atoms with E-state index in [-0.39, 0.29) is 24.0 Å². The van der Waals surface area contributed by atoms with Gasteiger partial charge in [0.2, 0.25) is 0 Å². The van der Waals surface area contributed by atoms with Crippen LogP contribution in [0.2, 0.25) is 0 Å². The van der Waals surface area contributed by atoms with Crippen LogP contribution in [-0.2, 0) is 6.54 Å². The Balaban J connectivity index is 0.00000529. The van der Waals surface area contributed by atoms with Crippen molar-refractivity contribution in [3.05, 3.63) is 42.5 Å². The molecule has 136 valence electrons. The fraction of sp³-hybridized carbons (Fsp3) is 0.500. The number of benzene rings is 1. The van der Waals surface area contributed by atoms with Crippen LogP contribution in [0.25, 0.3) is 0 Å². The number of hydrogen-bond donors (Lipinski definition) is 2. The maximum absolute atomic E-state index is 5.67. The van der Waals surface area contributed by atoms with E-state index < -0.39 is 0 Å². The van der Waals surface area contributed by atoms with Gasteiger partial charge in [-0.05, 0) is 19.2 Å². The summed E-state index contributed by atoms with van der Waals surface area (Å²) in [6.07, 6.45) is 1.75. The fourth-order valence-corrected chi connectivity index (χ4v) is 2.21. The molecule has 0 amide bonds. The zero-order valence-electron chi connectivity index (χ0n) is 15.0. The molecule has 0 aliphatic carbocycles. The molecule has 0 spiro atoms. The summed E-state index contributed by atoms with van der Waals surface area (Å²) in [4.78, 5) is 6.64. The molecule has 5 nitrogen and oxygen atoms in total. The molecule has 0 fully saturated rings. The molecule has 0 aliphatic rings. The average molecular weight is 446 g/mol. The van der Waals surface area contributed by atoms with Crippen LogP contribution in [-0.4, -0.2) is 50.7 Å². The Kier molecular flexibility index (Phi) is 13.3. The first-order chi connectivity index (χ1) is 11.2. The Hall–Kier alpha value is -1.28. The van der Waals surface area contributed by atoms with Gasteiger partial charge in [0.15, 0.2) is 5.96 Å². The van der Waals surface area contributed by atoms with Crippen molar-refractivity contribution in [1.29, 1.82) is 0 Å². The van der Waals surface area contributed by atoms with Crippen LogP contribution in [0, 0.1) is 0 Å². The summed E-state index contributed by atoms with van der Waals surface area (Å²) in [5, 5.41) is 6.67. The summed E-state index contributed by atoms with van der Waals surface area (Å²) in [6.45, 7) is 13.2. The van der Waals surface area contributed by atoms with Crippen LogP contribution in [0.1, 0.15) is 19.4 Å². The Morgan fingerprint density at radius 1 is 1.25 bits per heavy atom. The Morgan fingerprint density at radius 3 is 2.58 bits per heavy atom. The molecule has 1 rings (SSSR count). The molecule has 0 saturated heterocycles. The van der Waals surface area contributed by atoms with E-state index in [1.807, 2.05) is 18.2 Å². The maximum Gasteiger partial charge on any atom is 0.191 e. The van der Waals surface area contributed by atoms with Crippen molar-refractivity contribution >= 4 is 29.9 Å². The normalized spacial score (nSPS) is 10.9. The first kappa shape index (κ1) is 22.7. The third-order valence-corrected chi connectivity index (χ3v) is 3.61. The average Bonchev–Trinajstić information content (AvgIpc) is 2.60. The highest BCUT2D eigenvalue weighted by molar-refractivity contribution is 14.0. The summed E-state index contributed by atoms with van der Waals surface area (Å²) in [5.41, 5.74) is 1.10. The SMILES string of the molecule is C=CCOc1ccccc1CNC(=NC)NCCN(CC)CC.I. The van der Waals surface area contributed by atoms with E-state index in [1.165, 1.54) is 0 Å². The molecular weight excluding hydrogens is 415 g/mol. The monoisotopic (exact) mass is 446 g/mol. The number of hydrogen-bond acceptors (Lipinski definition) is 3. The fourth-order valence-electron chi connectivity index (χ4n) is 2.21. The molecule has 6 heteroatoms. The van der Waals surface area contributed by atoms with Crippen LogP contribution in [0.5, 0.6) is 5.75 Å². The molecule has 0 atom stereocenters. The molecule has 1 aromatic rings. The van der Waals surface area contributed by atoms with Crippen molar-refractivity contribution < 1.29 is 4.74 Å². The number of rotatable bonds is 10. The standard InChI is InChI=1S/C18H30N4O.HI/c1-5-14-23-17-11-9-8-10-16(17)15-21-18(19-4)20-12-13-22(6-2)7-3;/h5,8-11H,1,6-7,12-15H2,2-4H3,(H2,19,20,21);1H. The topological polar surface area (TPSA) is 48.9 Å². The lowest BCUT2D eigenvalue weighted by molar-refractivity contribution is 0.308. The van der Waals surface area contributed by atoms with Gasteiger partial charge >= 0.3 is 0 Å². The highest BCUT2D eigenvalue weighted by Gasteiger charge is 2.04. The number of likely N-dealkylation sites (N-methyl/N-ethyl adjacent to an activating group) is 1. The molecule has 0 saturated carbocycles. The zero-order chi connectivity index (χ0) is 16.9. The first-order valence-electron chi connectivity index (χ1n) is 8.23. The quantitative estimate of drug-likeness (QED) is 0.251. The lowest BCUT2D eigenvalue weighted by atomic mass is 10.2. The second kappa shape index (κ2) is 14.1. The molecule has 0 aromatic heterocycles. The summed E-state index contributed by atoms with van der Waals surface area (Å²) in [7, 11) is 1.78. The van der Waals surface area contributed by atoms with E-state index in [2.05, 4.69) is 47.0 Å². The Labute approximate surface area is 163 Å². The molecule has 0 aliphatic heterocycles. The van der Waals surface area contributed by atoms with Crippen LogP contribution < -0.4 is 15.4 Å². The number of ether oxygens (including phenoxy) is 1. The minimum absolute atomic E-state index is 0. The van der Waals surface area contributed by atoms with Crippen molar-refractivity contribution in [2.75, 3.05) is 39.8 Å². The van der Waals surface area contributed by atoms with E-state index in [0.717, 1.165) is 43.5 Å². The van der Waals surface area contributed by atoms with Gasteiger partial charge < -0.3 is 20.3 Å². The van der Waals surface area contributed by atoms with Crippen LogP contribution in [0.4, 0.5) is 0 Å². The molecule has 1 aromatic carbocycles. The summed E-state index contributed by atoms with van der Waals surface area (Å²) in [5.74, 6) is 1.68. The Bertz CT molecular complexity index is 490. The van der Waals surface area contributed by atoms with Crippen molar-refractivity contribution in [3.8, 4) is 5.75 Å². The van der Waals surface area contributed by atoms with Gasteiger partial charge in [0.1, 0.15) is 12.4 Å². The third-order valence-electron chi connectivity index (χ3n) is 3.61. The van der Waals surface area contributed by atoms with Crippen molar-refractivity contribution in [2.24, 2.45) is 4.99 Å². The predicted octanol–water partition coefficient (Wildman–Crippen LogP) is 2.88. The van der Waals surface area contributed by atoms with Gasteiger partial charge in [0, 0.05) is 32.2 Å². The van der Waals surface area contributed by atoms with E-state index in [4.69, 9.17) is 4.74 Å². The van der Waals surface area contributed by atoms with Crippen molar-refractivity contribution in [2.45, 2.75) is 20.4 Å². The second-order valence-corrected chi connectivity index (χ2v) is 5.09. The molecule has 0 unspecified atom stereocenters. The van der Waals surface area contributed by atoms with Crippen LogP contribution in [0.15, 0.2) is 41.9 Å². The number of guanidine groups is 1. The van der Waals surface area contributed by atoms with Gasteiger partial charge in [-0.2, -0.15) is 0 Å². The van der Waals surface area contributed by atoms with Gasteiger partial charge in [-0.15, -0.1) is 24.0 Å². The lowest BCUT2D eigenvalue weighted by Gasteiger charge is -2.19. The van der Waals surface area contributed by atoms with Gasteiger partial charge in [0.05, 0.1) is 0 Å². The van der Waals surface area contributed by atoms with E-state index in [1.54, 1.807) is 13.1 Å². The smallest absolute Gasteiger partial charge is 0.191 e. The van der Waals surface area contributed by atoms with Gasteiger partial charge in [0.25, 0.3) is 0 Å². The number of nitrogens with zero attached hydrogens (tertiary/aromatic N) is 2. The number of para-hydroxylation sites is 1. The summed E-state index contributed by atoms with van der Waals surface area (Å²) < 4.78 is 5.67. The largest absolute Gasteiger partial charge is 0.489 e. The van der Waals surface area contributed by atoms with Crippen molar-refractivity contribution in [3.63, 3.8) is 0 Å². The molecular formula is C18H31IN4O. The van der Waals surface area contributed by atoms with Crippen LogP contribution in [0.3, 0.4) is 0 Å². The molecule has 24 heavy (non-hydrogen) atoms. The van der Waals surface area contributed by atoms with Gasteiger partial charge in [-0.3, -0.25) is 4.99 Å². The zero-order valence-corrected chi connectivity index (χ0v) is 17.4. The summed E-state index contributed by atoms with van der Waals surface area (Å²) in [6, 6.07) is 8.00. The van der Waals surface area contributed by atoms with Gasteiger partial charge in [-0.25, -0.2) is 0 Å². The lowest BCUT2D eigenvalue weighted by Crippen LogP contribution is -2.41. The predicted molar refractivity (Wildman–Crippen MR) is 114 cm³/mol. The molecule has 0 heterocycles. The molecule has 0 bridgehead atoms. The number of aliphatic imine (C=N–C) groups is 1. The second-order valence-electron chi connectivity index (χ2n) is 5.09. The number of nitrogens with one attached hydrogen (secondary N) is 2. The minimum atomic E-state index is 0. The van der Waals surface area contributed by atoms with E-state index in [0.29, 0.717) is 13.2 Å².